The van der Waals surface area contributed by atoms with Crippen molar-refractivity contribution in [2.24, 2.45) is 0 Å². The van der Waals surface area contributed by atoms with Gasteiger partial charge in [-0.25, -0.2) is 4.39 Å². The van der Waals surface area contributed by atoms with E-state index in [0.717, 1.165) is 18.5 Å². The Labute approximate surface area is 78.0 Å². The molecule has 1 aromatic carbocycles. The normalized spacial score (nSPS) is 22.2. The van der Waals surface area contributed by atoms with Crippen molar-refractivity contribution in [1.82, 2.24) is 5.32 Å². The van der Waals surface area contributed by atoms with Crippen molar-refractivity contribution in [2.45, 2.75) is 25.8 Å². The second-order valence-corrected chi connectivity index (χ2v) is 3.65. The first-order valence-corrected chi connectivity index (χ1v) is 4.77. The molecule has 0 bridgehead atoms. The van der Waals surface area contributed by atoms with Gasteiger partial charge in [0.25, 0.3) is 0 Å². The molecule has 1 aliphatic rings. The van der Waals surface area contributed by atoms with Gasteiger partial charge in [0.05, 0.1) is 0 Å². The van der Waals surface area contributed by atoms with Crippen molar-refractivity contribution in [3.05, 3.63) is 35.1 Å². The van der Waals surface area contributed by atoms with Crippen LogP contribution in [0.15, 0.2) is 18.2 Å². The third-order valence-corrected chi connectivity index (χ3v) is 2.68. The predicted molar refractivity (Wildman–Crippen MR) is 51.1 cm³/mol. The van der Waals surface area contributed by atoms with Crippen LogP contribution in [0.2, 0.25) is 0 Å². The molecule has 70 valence electrons. The van der Waals surface area contributed by atoms with E-state index in [4.69, 9.17) is 0 Å². The van der Waals surface area contributed by atoms with Crippen LogP contribution in [-0.4, -0.2) is 6.54 Å². The monoisotopic (exact) mass is 179 g/mol. The Morgan fingerprint density at radius 1 is 1.46 bits per heavy atom. The Balaban J connectivity index is 2.32. The first-order valence-electron chi connectivity index (χ1n) is 4.77. The van der Waals surface area contributed by atoms with Crippen molar-refractivity contribution in [3.8, 4) is 0 Å². The third-order valence-electron chi connectivity index (χ3n) is 2.68. The lowest BCUT2D eigenvalue weighted by Crippen LogP contribution is -2.14. The summed E-state index contributed by atoms with van der Waals surface area (Å²) in [5, 5.41) is 3.37. The molecule has 1 atom stereocenters. The van der Waals surface area contributed by atoms with E-state index in [2.05, 4.69) is 5.32 Å². The Morgan fingerprint density at radius 3 is 3.00 bits per heavy atom. The van der Waals surface area contributed by atoms with Crippen molar-refractivity contribution in [2.75, 3.05) is 6.54 Å². The number of aryl methyl sites for hydroxylation is 1. The van der Waals surface area contributed by atoms with E-state index in [-0.39, 0.29) is 5.82 Å². The second-order valence-electron chi connectivity index (χ2n) is 3.65. The first kappa shape index (κ1) is 8.70. The molecule has 1 aliphatic heterocycles. The average molecular weight is 179 g/mol. The first-order chi connectivity index (χ1) is 6.27. The maximum Gasteiger partial charge on any atom is 0.123 e. The van der Waals surface area contributed by atoms with Gasteiger partial charge in [-0.05, 0) is 49.6 Å². The molecule has 1 saturated heterocycles. The SMILES string of the molecule is Cc1ccc(F)cc1C1CCCN1. The molecule has 0 aliphatic carbocycles. The molecule has 2 heteroatoms. The molecule has 1 heterocycles. The minimum Gasteiger partial charge on any atom is -0.310 e. The van der Waals surface area contributed by atoms with Crippen molar-refractivity contribution in [1.29, 1.82) is 0 Å². The van der Waals surface area contributed by atoms with Crippen LogP contribution in [0.5, 0.6) is 0 Å². The van der Waals surface area contributed by atoms with Gasteiger partial charge in [0.2, 0.25) is 0 Å². The molecule has 0 radical (unpaired) electrons. The molecule has 1 unspecified atom stereocenters. The molecule has 1 nitrogen and oxygen atoms in total. The number of nitrogens with one attached hydrogen (secondary N) is 1. The van der Waals surface area contributed by atoms with Crippen LogP contribution >= 0.6 is 0 Å². The Hall–Kier alpha value is -0.890. The highest BCUT2D eigenvalue weighted by Gasteiger charge is 2.17. The van der Waals surface area contributed by atoms with E-state index in [1.165, 1.54) is 18.1 Å². The van der Waals surface area contributed by atoms with Gasteiger partial charge in [-0.2, -0.15) is 0 Å². The molecule has 2 rings (SSSR count). The fourth-order valence-corrected chi connectivity index (χ4v) is 1.94. The summed E-state index contributed by atoms with van der Waals surface area (Å²) in [5.41, 5.74) is 2.30. The van der Waals surface area contributed by atoms with Gasteiger partial charge in [-0.3, -0.25) is 0 Å². The topological polar surface area (TPSA) is 12.0 Å². The van der Waals surface area contributed by atoms with Crippen LogP contribution in [0.1, 0.15) is 30.0 Å². The Bertz CT molecular complexity index is 303. The van der Waals surface area contributed by atoms with E-state index < -0.39 is 0 Å². The van der Waals surface area contributed by atoms with E-state index >= 15 is 0 Å². The summed E-state index contributed by atoms with van der Waals surface area (Å²) in [6.45, 7) is 3.09. The van der Waals surface area contributed by atoms with Gasteiger partial charge in [-0.15, -0.1) is 0 Å². The third kappa shape index (κ3) is 1.73. The summed E-state index contributed by atoms with van der Waals surface area (Å²) in [7, 11) is 0. The predicted octanol–water partition coefficient (Wildman–Crippen LogP) is 2.56. The lowest BCUT2D eigenvalue weighted by Gasteiger charge is -2.13. The highest BCUT2D eigenvalue weighted by atomic mass is 19.1. The number of halogens is 1. The van der Waals surface area contributed by atoms with E-state index in [1.54, 1.807) is 6.07 Å². The van der Waals surface area contributed by atoms with Crippen molar-refractivity contribution in [3.63, 3.8) is 0 Å². The lowest BCUT2D eigenvalue weighted by atomic mass is 10.00. The highest BCUT2D eigenvalue weighted by molar-refractivity contribution is 5.30. The zero-order chi connectivity index (χ0) is 9.26. The minimum atomic E-state index is -0.130. The number of rotatable bonds is 1. The van der Waals surface area contributed by atoms with Crippen LogP contribution in [0, 0.1) is 12.7 Å². The van der Waals surface area contributed by atoms with Crippen LogP contribution in [0.25, 0.3) is 0 Å². The molecular formula is C11H14FN. The maximum atomic E-state index is 13.0. The van der Waals surface area contributed by atoms with E-state index in [0.29, 0.717) is 6.04 Å². The maximum absolute atomic E-state index is 13.0. The summed E-state index contributed by atoms with van der Waals surface area (Å²) in [5.74, 6) is -0.130. The molecule has 1 N–H and O–H groups in total. The van der Waals surface area contributed by atoms with Gasteiger partial charge >= 0.3 is 0 Å². The zero-order valence-corrected chi connectivity index (χ0v) is 7.81. The molecule has 1 aromatic rings. The summed E-state index contributed by atoms with van der Waals surface area (Å²) >= 11 is 0. The Kier molecular flexibility index (Phi) is 2.32. The molecule has 0 aromatic heterocycles. The number of hydrogen-bond acceptors (Lipinski definition) is 1. The summed E-state index contributed by atoms with van der Waals surface area (Å²) < 4.78 is 13.0. The zero-order valence-electron chi connectivity index (χ0n) is 7.81. The van der Waals surface area contributed by atoms with E-state index in [9.17, 15) is 4.39 Å². The van der Waals surface area contributed by atoms with Crippen molar-refractivity contribution < 1.29 is 4.39 Å². The molecule has 0 saturated carbocycles. The van der Waals surface area contributed by atoms with Gasteiger partial charge in [0, 0.05) is 6.04 Å². The molecular weight excluding hydrogens is 165 g/mol. The van der Waals surface area contributed by atoms with Crippen LogP contribution in [0.4, 0.5) is 4.39 Å². The summed E-state index contributed by atoms with van der Waals surface area (Å²) in [4.78, 5) is 0. The van der Waals surface area contributed by atoms with Gasteiger partial charge in [0.15, 0.2) is 0 Å². The van der Waals surface area contributed by atoms with Crippen LogP contribution in [0.3, 0.4) is 0 Å². The van der Waals surface area contributed by atoms with Crippen LogP contribution < -0.4 is 5.32 Å². The molecule has 0 amide bonds. The summed E-state index contributed by atoms with van der Waals surface area (Å²) in [6.07, 6.45) is 2.32. The van der Waals surface area contributed by atoms with Crippen LogP contribution in [-0.2, 0) is 0 Å². The fourth-order valence-electron chi connectivity index (χ4n) is 1.94. The van der Waals surface area contributed by atoms with E-state index in [1.807, 2.05) is 13.0 Å². The molecule has 13 heavy (non-hydrogen) atoms. The fraction of sp³-hybridized carbons (Fsp3) is 0.455. The highest BCUT2D eigenvalue weighted by Crippen LogP contribution is 2.26. The minimum absolute atomic E-state index is 0.130. The summed E-state index contributed by atoms with van der Waals surface area (Å²) in [6, 6.07) is 5.40. The van der Waals surface area contributed by atoms with Gasteiger partial charge in [0.1, 0.15) is 5.82 Å². The second kappa shape index (κ2) is 3.46. The molecule has 0 spiro atoms. The standard InChI is InChI=1S/C11H14FN/c1-8-4-5-9(12)7-10(8)11-3-2-6-13-11/h4-5,7,11,13H,2-3,6H2,1H3. The Morgan fingerprint density at radius 2 is 2.31 bits per heavy atom. The average Bonchev–Trinajstić information content (AvgIpc) is 2.61. The number of hydrogen-bond donors (Lipinski definition) is 1. The lowest BCUT2D eigenvalue weighted by molar-refractivity contribution is 0.604. The number of benzene rings is 1. The molecule has 1 fully saturated rings. The van der Waals surface area contributed by atoms with Crippen molar-refractivity contribution >= 4 is 0 Å². The van der Waals surface area contributed by atoms with Gasteiger partial charge < -0.3 is 5.32 Å². The smallest absolute Gasteiger partial charge is 0.123 e. The quantitative estimate of drug-likeness (QED) is 0.698. The largest absolute Gasteiger partial charge is 0.310 e. The van der Waals surface area contributed by atoms with Gasteiger partial charge in [-0.1, -0.05) is 6.07 Å².